The molecule has 0 unspecified atom stereocenters. The van der Waals surface area contributed by atoms with E-state index in [9.17, 15) is 0 Å². The van der Waals surface area contributed by atoms with Crippen LogP contribution in [0.4, 0.5) is 5.95 Å². The van der Waals surface area contributed by atoms with Crippen molar-refractivity contribution in [2.24, 2.45) is 7.05 Å². The molecule has 0 saturated heterocycles. The number of nitrogen functional groups attached to an aromatic ring is 1. The van der Waals surface area contributed by atoms with E-state index in [0.29, 0.717) is 5.95 Å². The summed E-state index contributed by atoms with van der Waals surface area (Å²) in [4.78, 5) is 8.05. The van der Waals surface area contributed by atoms with Crippen molar-refractivity contribution in [3.63, 3.8) is 0 Å². The average molecular weight is 203 g/mol. The first kappa shape index (κ1) is 9.64. The molecule has 0 spiro atoms. The number of hydrogen-bond donors (Lipinski definition) is 1. The van der Waals surface area contributed by atoms with Gasteiger partial charge < -0.3 is 5.73 Å². The largest absolute Gasteiger partial charge is 0.368 e. The zero-order valence-electron chi connectivity index (χ0n) is 8.81. The van der Waals surface area contributed by atoms with E-state index in [4.69, 9.17) is 5.73 Å². The predicted molar refractivity (Wildman–Crippen MR) is 58.0 cm³/mol. The Bertz CT molecular complexity index is 474. The van der Waals surface area contributed by atoms with Crippen LogP contribution in [0.15, 0.2) is 18.5 Å². The molecule has 0 aliphatic carbocycles. The Kier molecular flexibility index (Phi) is 2.37. The van der Waals surface area contributed by atoms with E-state index >= 15 is 0 Å². The van der Waals surface area contributed by atoms with Crippen LogP contribution in [-0.4, -0.2) is 19.7 Å². The van der Waals surface area contributed by atoms with Gasteiger partial charge in [-0.3, -0.25) is 4.68 Å². The number of nitrogens with zero attached hydrogens (tertiary/aromatic N) is 4. The standard InChI is InChI=1S/C10H13N5/c1-3-8-7(6-15(2)14-8)9-4-5-12-10(11)13-9/h4-6H,3H2,1-2H3,(H2,11,12,13). The molecule has 2 aromatic heterocycles. The zero-order chi connectivity index (χ0) is 10.8. The van der Waals surface area contributed by atoms with Crippen molar-refractivity contribution in [2.75, 3.05) is 5.73 Å². The van der Waals surface area contributed by atoms with Crippen LogP contribution in [-0.2, 0) is 13.5 Å². The molecule has 0 aliphatic rings. The lowest BCUT2D eigenvalue weighted by molar-refractivity contribution is 0.746. The molecule has 5 heteroatoms. The van der Waals surface area contributed by atoms with Gasteiger partial charge in [0.05, 0.1) is 11.4 Å². The highest BCUT2D eigenvalue weighted by Gasteiger charge is 2.09. The van der Waals surface area contributed by atoms with Crippen molar-refractivity contribution >= 4 is 5.95 Å². The maximum absolute atomic E-state index is 5.54. The fourth-order valence-electron chi connectivity index (χ4n) is 1.53. The highest BCUT2D eigenvalue weighted by Crippen LogP contribution is 2.20. The summed E-state index contributed by atoms with van der Waals surface area (Å²) in [6.07, 6.45) is 4.48. The maximum atomic E-state index is 5.54. The molecule has 2 rings (SSSR count). The number of nitrogens with two attached hydrogens (primary N) is 1. The first-order valence-corrected chi connectivity index (χ1v) is 4.82. The number of hydrogen-bond acceptors (Lipinski definition) is 4. The first-order valence-electron chi connectivity index (χ1n) is 4.82. The molecule has 0 bridgehead atoms. The van der Waals surface area contributed by atoms with Crippen molar-refractivity contribution in [3.8, 4) is 11.3 Å². The molecule has 0 aliphatic heterocycles. The number of aryl methyl sites for hydroxylation is 2. The summed E-state index contributed by atoms with van der Waals surface area (Å²) < 4.78 is 1.78. The van der Waals surface area contributed by atoms with Gasteiger partial charge in [-0.05, 0) is 12.5 Å². The monoisotopic (exact) mass is 203 g/mol. The van der Waals surface area contributed by atoms with Crippen LogP contribution in [0.3, 0.4) is 0 Å². The quantitative estimate of drug-likeness (QED) is 0.791. The molecule has 2 aromatic rings. The number of aromatic nitrogens is 4. The summed E-state index contributed by atoms with van der Waals surface area (Å²) in [5.41, 5.74) is 8.42. The molecule has 5 nitrogen and oxygen atoms in total. The first-order chi connectivity index (χ1) is 7.20. The van der Waals surface area contributed by atoms with Crippen LogP contribution >= 0.6 is 0 Å². The highest BCUT2D eigenvalue weighted by molar-refractivity contribution is 5.61. The fourth-order valence-corrected chi connectivity index (χ4v) is 1.53. The van der Waals surface area contributed by atoms with Crippen LogP contribution in [0.25, 0.3) is 11.3 Å². The van der Waals surface area contributed by atoms with Gasteiger partial charge in [0, 0.05) is 25.0 Å². The summed E-state index contributed by atoms with van der Waals surface area (Å²) >= 11 is 0. The molecular weight excluding hydrogens is 190 g/mol. The second kappa shape index (κ2) is 3.68. The third-order valence-electron chi connectivity index (χ3n) is 2.19. The molecule has 0 amide bonds. The Hall–Kier alpha value is -1.91. The lowest BCUT2D eigenvalue weighted by Crippen LogP contribution is -1.95. The van der Waals surface area contributed by atoms with Gasteiger partial charge in [-0.15, -0.1) is 0 Å². The Morgan fingerprint density at radius 1 is 1.47 bits per heavy atom. The van der Waals surface area contributed by atoms with E-state index in [-0.39, 0.29) is 0 Å². The lowest BCUT2D eigenvalue weighted by atomic mass is 10.1. The molecular formula is C10H13N5. The van der Waals surface area contributed by atoms with Crippen molar-refractivity contribution in [1.82, 2.24) is 19.7 Å². The average Bonchev–Trinajstić information content (AvgIpc) is 2.59. The summed E-state index contributed by atoms with van der Waals surface area (Å²) in [7, 11) is 1.90. The third kappa shape index (κ3) is 1.81. The minimum Gasteiger partial charge on any atom is -0.368 e. The lowest BCUT2D eigenvalue weighted by Gasteiger charge is -1.99. The molecule has 0 atom stereocenters. The highest BCUT2D eigenvalue weighted by atomic mass is 15.3. The van der Waals surface area contributed by atoms with E-state index in [1.165, 1.54) is 0 Å². The minimum absolute atomic E-state index is 0.290. The van der Waals surface area contributed by atoms with E-state index in [1.807, 2.05) is 19.3 Å². The molecule has 0 saturated carbocycles. The topological polar surface area (TPSA) is 69.6 Å². The van der Waals surface area contributed by atoms with Crippen molar-refractivity contribution in [3.05, 3.63) is 24.2 Å². The van der Waals surface area contributed by atoms with Gasteiger partial charge in [0.2, 0.25) is 5.95 Å². The van der Waals surface area contributed by atoms with Crippen molar-refractivity contribution in [1.29, 1.82) is 0 Å². The molecule has 2 N–H and O–H groups in total. The van der Waals surface area contributed by atoms with Gasteiger partial charge in [0.15, 0.2) is 0 Å². The molecule has 0 fully saturated rings. The van der Waals surface area contributed by atoms with Crippen LogP contribution in [0.2, 0.25) is 0 Å². The summed E-state index contributed by atoms with van der Waals surface area (Å²) in [5, 5.41) is 4.35. The van der Waals surface area contributed by atoms with Gasteiger partial charge in [0.1, 0.15) is 0 Å². The Labute approximate surface area is 88.0 Å². The summed E-state index contributed by atoms with van der Waals surface area (Å²) in [5.74, 6) is 0.290. The van der Waals surface area contributed by atoms with Gasteiger partial charge in [-0.1, -0.05) is 6.92 Å². The van der Waals surface area contributed by atoms with Gasteiger partial charge in [0.25, 0.3) is 0 Å². The van der Waals surface area contributed by atoms with E-state index in [1.54, 1.807) is 10.9 Å². The second-order valence-electron chi connectivity index (χ2n) is 3.32. The van der Waals surface area contributed by atoms with E-state index < -0.39 is 0 Å². The number of rotatable bonds is 2. The molecule has 0 aromatic carbocycles. The number of anilines is 1. The zero-order valence-corrected chi connectivity index (χ0v) is 8.81. The Morgan fingerprint density at radius 3 is 2.93 bits per heavy atom. The molecule has 0 radical (unpaired) electrons. The SMILES string of the molecule is CCc1nn(C)cc1-c1ccnc(N)n1. The molecule has 15 heavy (non-hydrogen) atoms. The molecule has 78 valence electrons. The van der Waals surface area contributed by atoms with Crippen LogP contribution in [0.1, 0.15) is 12.6 Å². The Balaban J connectivity index is 2.53. The van der Waals surface area contributed by atoms with Gasteiger partial charge in [-0.25, -0.2) is 9.97 Å². The van der Waals surface area contributed by atoms with E-state index in [2.05, 4.69) is 22.0 Å². The summed E-state index contributed by atoms with van der Waals surface area (Å²) in [6.45, 7) is 2.07. The van der Waals surface area contributed by atoms with Crippen molar-refractivity contribution < 1.29 is 0 Å². The normalized spacial score (nSPS) is 10.5. The smallest absolute Gasteiger partial charge is 0.220 e. The van der Waals surface area contributed by atoms with E-state index in [0.717, 1.165) is 23.4 Å². The van der Waals surface area contributed by atoms with Crippen LogP contribution in [0.5, 0.6) is 0 Å². The maximum Gasteiger partial charge on any atom is 0.220 e. The predicted octanol–water partition coefficient (Wildman–Crippen LogP) is 1.02. The Morgan fingerprint density at radius 2 is 2.27 bits per heavy atom. The van der Waals surface area contributed by atoms with Gasteiger partial charge in [-0.2, -0.15) is 5.10 Å². The van der Waals surface area contributed by atoms with Crippen LogP contribution < -0.4 is 5.73 Å². The van der Waals surface area contributed by atoms with Gasteiger partial charge >= 0.3 is 0 Å². The third-order valence-corrected chi connectivity index (χ3v) is 2.19. The van der Waals surface area contributed by atoms with Crippen LogP contribution in [0, 0.1) is 0 Å². The fraction of sp³-hybridized carbons (Fsp3) is 0.300. The minimum atomic E-state index is 0.290. The van der Waals surface area contributed by atoms with Crippen molar-refractivity contribution in [2.45, 2.75) is 13.3 Å². The second-order valence-corrected chi connectivity index (χ2v) is 3.32. The molecule has 2 heterocycles. The summed E-state index contributed by atoms with van der Waals surface area (Å²) in [6, 6.07) is 1.84.